The van der Waals surface area contributed by atoms with Crippen LogP contribution in [0.15, 0.2) is 23.3 Å². The van der Waals surface area contributed by atoms with Crippen LogP contribution in [-0.4, -0.2) is 86.8 Å². The van der Waals surface area contributed by atoms with Gasteiger partial charge >= 0.3 is 0 Å². The van der Waals surface area contributed by atoms with E-state index in [0.717, 1.165) is 77.0 Å². The lowest BCUT2D eigenvalue weighted by atomic mass is 10.1. The maximum absolute atomic E-state index is 5.74. The number of piperidine rings is 1. The molecule has 158 valence electrons. The highest BCUT2D eigenvalue weighted by Gasteiger charge is 2.21. The van der Waals surface area contributed by atoms with E-state index in [1.807, 2.05) is 13.2 Å². The number of halogens is 1. The number of aliphatic imine (C=N–C) groups is 1. The standard InChI is InChI=1S/C20H34N6O.HI/c1-4-27-18-7-9-26(10-8-18)20(21-2)23-16-17-5-6-19(22-15-17)25-13-11-24(3)12-14-25;/h5-6,15,18H,4,7-14,16H2,1-3H3,(H,21,23);1H. The first kappa shape index (κ1) is 23.2. The van der Waals surface area contributed by atoms with Crippen LogP contribution in [0.3, 0.4) is 0 Å². The normalized spacial score (nSPS) is 19.5. The third kappa shape index (κ3) is 6.45. The first-order chi connectivity index (χ1) is 13.2. The summed E-state index contributed by atoms with van der Waals surface area (Å²) in [5, 5.41) is 3.48. The number of anilines is 1. The van der Waals surface area contributed by atoms with Crippen LogP contribution < -0.4 is 10.2 Å². The van der Waals surface area contributed by atoms with Crippen LogP contribution in [0.1, 0.15) is 25.3 Å². The van der Waals surface area contributed by atoms with Crippen molar-refractivity contribution in [1.29, 1.82) is 0 Å². The molecule has 1 N–H and O–H groups in total. The van der Waals surface area contributed by atoms with Crippen LogP contribution in [0, 0.1) is 0 Å². The van der Waals surface area contributed by atoms with Gasteiger partial charge in [0.05, 0.1) is 6.10 Å². The van der Waals surface area contributed by atoms with Crippen molar-refractivity contribution < 1.29 is 4.74 Å². The minimum atomic E-state index is 0. The lowest BCUT2D eigenvalue weighted by Gasteiger charge is -2.34. The van der Waals surface area contributed by atoms with E-state index < -0.39 is 0 Å². The molecule has 8 heteroatoms. The van der Waals surface area contributed by atoms with Crippen LogP contribution in [0.5, 0.6) is 0 Å². The molecule has 7 nitrogen and oxygen atoms in total. The number of hydrogen-bond acceptors (Lipinski definition) is 5. The van der Waals surface area contributed by atoms with Gasteiger partial charge in [0.25, 0.3) is 0 Å². The van der Waals surface area contributed by atoms with E-state index >= 15 is 0 Å². The molecule has 2 aliphatic rings. The number of piperazine rings is 1. The minimum absolute atomic E-state index is 0. The lowest BCUT2D eigenvalue weighted by molar-refractivity contribution is 0.0263. The van der Waals surface area contributed by atoms with Crippen LogP contribution in [0.4, 0.5) is 5.82 Å². The van der Waals surface area contributed by atoms with Crippen molar-refractivity contribution in [2.24, 2.45) is 4.99 Å². The number of likely N-dealkylation sites (tertiary alicyclic amines) is 1. The second-order valence-electron chi connectivity index (χ2n) is 7.36. The van der Waals surface area contributed by atoms with Gasteiger partial charge in [0.15, 0.2) is 5.96 Å². The lowest BCUT2D eigenvalue weighted by Crippen LogP contribution is -2.46. The van der Waals surface area contributed by atoms with E-state index in [1.54, 1.807) is 0 Å². The Hall–Kier alpha value is -1.13. The fourth-order valence-electron chi connectivity index (χ4n) is 3.73. The number of nitrogens with zero attached hydrogens (tertiary/aromatic N) is 5. The largest absolute Gasteiger partial charge is 0.378 e. The van der Waals surface area contributed by atoms with E-state index in [-0.39, 0.29) is 24.0 Å². The Morgan fingerprint density at radius 2 is 1.89 bits per heavy atom. The molecule has 2 fully saturated rings. The summed E-state index contributed by atoms with van der Waals surface area (Å²) in [6.07, 6.45) is 4.51. The van der Waals surface area contributed by atoms with Gasteiger partial charge in [-0.1, -0.05) is 6.07 Å². The second-order valence-corrected chi connectivity index (χ2v) is 7.36. The number of pyridine rings is 1. The van der Waals surface area contributed by atoms with Crippen molar-refractivity contribution in [1.82, 2.24) is 20.1 Å². The summed E-state index contributed by atoms with van der Waals surface area (Å²) in [5.74, 6) is 2.04. The molecule has 0 saturated carbocycles. The van der Waals surface area contributed by atoms with E-state index in [9.17, 15) is 0 Å². The predicted molar refractivity (Wildman–Crippen MR) is 126 cm³/mol. The Morgan fingerprint density at radius 3 is 2.46 bits per heavy atom. The highest BCUT2D eigenvalue weighted by Crippen LogP contribution is 2.15. The molecule has 2 saturated heterocycles. The number of rotatable bonds is 5. The second kappa shape index (κ2) is 11.8. The molecule has 3 heterocycles. The molecule has 0 aromatic carbocycles. The van der Waals surface area contributed by atoms with Crippen molar-refractivity contribution in [2.45, 2.75) is 32.4 Å². The van der Waals surface area contributed by atoms with E-state index in [1.165, 1.54) is 5.56 Å². The first-order valence-electron chi connectivity index (χ1n) is 10.1. The molecule has 0 atom stereocenters. The average Bonchev–Trinajstić information content (AvgIpc) is 2.71. The van der Waals surface area contributed by atoms with Crippen molar-refractivity contribution in [3.8, 4) is 0 Å². The Morgan fingerprint density at radius 1 is 1.18 bits per heavy atom. The topological polar surface area (TPSA) is 56.2 Å². The van der Waals surface area contributed by atoms with Crippen molar-refractivity contribution in [2.75, 3.05) is 64.9 Å². The zero-order valence-electron chi connectivity index (χ0n) is 17.4. The van der Waals surface area contributed by atoms with Crippen molar-refractivity contribution >= 4 is 35.8 Å². The van der Waals surface area contributed by atoms with E-state index in [2.05, 4.69) is 56.1 Å². The van der Waals surface area contributed by atoms with Gasteiger partial charge in [0, 0.05) is 65.7 Å². The van der Waals surface area contributed by atoms with Gasteiger partial charge in [-0.3, -0.25) is 4.99 Å². The van der Waals surface area contributed by atoms with Gasteiger partial charge in [-0.25, -0.2) is 4.98 Å². The molecule has 0 radical (unpaired) electrons. The zero-order chi connectivity index (χ0) is 19.1. The molecular formula is C20H35IN6O. The highest BCUT2D eigenvalue weighted by molar-refractivity contribution is 14.0. The molecule has 0 unspecified atom stereocenters. The molecule has 2 aliphatic heterocycles. The summed E-state index contributed by atoms with van der Waals surface area (Å²) in [4.78, 5) is 16.2. The first-order valence-corrected chi connectivity index (χ1v) is 10.1. The third-order valence-corrected chi connectivity index (χ3v) is 5.44. The monoisotopic (exact) mass is 502 g/mol. The fourth-order valence-corrected chi connectivity index (χ4v) is 3.73. The number of aromatic nitrogens is 1. The van der Waals surface area contributed by atoms with Gasteiger partial charge in [0.2, 0.25) is 0 Å². The summed E-state index contributed by atoms with van der Waals surface area (Å²) in [7, 11) is 4.03. The van der Waals surface area contributed by atoms with Crippen LogP contribution in [0.2, 0.25) is 0 Å². The fraction of sp³-hybridized carbons (Fsp3) is 0.700. The van der Waals surface area contributed by atoms with E-state index in [4.69, 9.17) is 4.74 Å². The molecule has 28 heavy (non-hydrogen) atoms. The third-order valence-electron chi connectivity index (χ3n) is 5.44. The molecule has 3 rings (SSSR count). The summed E-state index contributed by atoms with van der Waals surface area (Å²) >= 11 is 0. The summed E-state index contributed by atoms with van der Waals surface area (Å²) in [6, 6.07) is 4.31. The molecule has 1 aromatic heterocycles. The smallest absolute Gasteiger partial charge is 0.193 e. The zero-order valence-corrected chi connectivity index (χ0v) is 19.8. The maximum atomic E-state index is 5.74. The van der Waals surface area contributed by atoms with Gasteiger partial charge in [-0.15, -0.1) is 24.0 Å². The average molecular weight is 502 g/mol. The van der Waals surface area contributed by atoms with Gasteiger partial charge in [0.1, 0.15) is 5.82 Å². The Labute approximate surface area is 186 Å². The molecule has 0 bridgehead atoms. The summed E-state index contributed by atoms with van der Waals surface area (Å²) < 4.78 is 5.74. The van der Waals surface area contributed by atoms with Gasteiger partial charge in [-0.05, 0) is 38.4 Å². The summed E-state index contributed by atoms with van der Waals surface area (Å²) in [6.45, 7) is 9.88. The molecule has 0 aliphatic carbocycles. The highest BCUT2D eigenvalue weighted by atomic mass is 127. The minimum Gasteiger partial charge on any atom is -0.378 e. The number of likely N-dealkylation sites (N-methyl/N-ethyl adjacent to an activating group) is 1. The number of ether oxygens (including phenoxy) is 1. The van der Waals surface area contributed by atoms with Crippen LogP contribution in [-0.2, 0) is 11.3 Å². The summed E-state index contributed by atoms with van der Waals surface area (Å²) in [5.41, 5.74) is 1.18. The number of guanidine groups is 1. The van der Waals surface area contributed by atoms with E-state index in [0.29, 0.717) is 6.10 Å². The van der Waals surface area contributed by atoms with Gasteiger partial charge in [-0.2, -0.15) is 0 Å². The van der Waals surface area contributed by atoms with Crippen LogP contribution in [0.25, 0.3) is 0 Å². The Bertz CT molecular complexity index is 595. The molecule has 0 spiro atoms. The van der Waals surface area contributed by atoms with Gasteiger partial charge < -0.3 is 24.8 Å². The molecule has 1 aromatic rings. The number of nitrogens with one attached hydrogen (secondary N) is 1. The Kier molecular flexibility index (Phi) is 9.73. The quantitative estimate of drug-likeness (QED) is 0.378. The van der Waals surface area contributed by atoms with Crippen molar-refractivity contribution in [3.05, 3.63) is 23.9 Å². The van der Waals surface area contributed by atoms with Crippen molar-refractivity contribution in [3.63, 3.8) is 0 Å². The predicted octanol–water partition coefficient (Wildman–Crippen LogP) is 2.03. The SMILES string of the molecule is CCOC1CCN(C(=NC)NCc2ccc(N3CCN(C)CC3)nc2)CC1.I. The van der Waals surface area contributed by atoms with Crippen LogP contribution >= 0.6 is 24.0 Å². The number of hydrogen-bond donors (Lipinski definition) is 1. The molecular weight excluding hydrogens is 467 g/mol. The maximum Gasteiger partial charge on any atom is 0.193 e. The Balaban J connectivity index is 0.00000280. The molecule has 0 amide bonds.